The van der Waals surface area contributed by atoms with Crippen molar-refractivity contribution in [3.05, 3.63) is 21.3 Å². The van der Waals surface area contributed by atoms with Crippen molar-refractivity contribution in [3.8, 4) is 0 Å². The zero-order chi connectivity index (χ0) is 11.3. The number of rotatable bonds is 5. The first-order valence-electron chi connectivity index (χ1n) is 4.29. The fourth-order valence-electron chi connectivity index (χ4n) is 0.984. The van der Waals surface area contributed by atoms with Crippen LogP contribution in [-0.4, -0.2) is 23.5 Å². The smallest absolute Gasteiger partial charge is 0.322 e. The molecule has 1 rings (SSSR count). The molecule has 1 heterocycles. The molecule has 0 aliphatic rings. The van der Waals surface area contributed by atoms with Crippen LogP contribution in [0.4, 0.5) is 0 Å². The first kappa shape index (κ1) is 12.0. The maximum absolute atomic E-state index is 11.1. The molecule has 4 nitrogen and oxygen atoms in total. The summed E-state index contributed by atoms with van der Waals surface area (Å²) in [5.41, 5.74) is 0. The zero-order valence-electron chi connectivity index (χ0n) is 7.83. The van der Waals surface area contributed by atoms with Gasteiger partial charge in [-0.05, 0) is 12.5 Å². The van der Waals surface area contributed by atoms with Gasteiger partial charge in [-0.1, -0.05) is 11.6 Å². The molecule has 82 valence electrons. The number of aryl methyl sites for hydroxylation is 1. The molecule has 6 heteroatoms. The third-order valence-corrected chi connectivity index (χ3v) is 3.00. The second-order valence-electron chi connectivity index (χ2n) is 2.90. The van der Waals surface area contributed by atoms with Gasteiger partial charge in [0.2, 0.25) is 5.91 Å². The fourth-order valence-corrected chi connectivity index (χ4v) is 2.06. The van der Waals surface area contributed by atoms with E-state index in [1.165, 1.54) is 11.3 Å². The Kier molecular flexibility index (Phi) is 4.58. The van der Waals surface area contributed by atoms with E-state index < -0.39 is 5.97 Å². The summed E-state index contributed by atoms with van der Waals surface area (Å²) in [5, 5.41) is 13.1. The van der Waals surface area contributed by atoms with Crippen molar-refractivity contribution in [3.63, 3.8) is 0 Å². The Morgan fingerprint density at radius 3 is 2.80 bits per heavy atom. The second-order valence-corrected chi connectivity index (χ2v) is 4.33. The average Bonchev–Trinajstić information content (AvgIpc) is 2.58. The quantitative estimate of drug-likeness (QED) is 0.829. The molecule has 0 atom stereocenters. The maximum atomic E-state index is 11.1. The standard InChI is InChI=1S/C9H10ClNO3S/c10-6-3-7(15-5-6)1-2-8(12)11-4-9(13)14/h3,5H,1-2,4H2,(H,11,12)(H,13,14). The number of hydrogen-bond acceptors (Lipinski definition) is 3. The first-order valence-corrected chi connectivity index (χ1v) is 5.55. The van der Waals surface area contributed by atoms with E-state index in [9.17, 15) is 9.59 Å². The van der Waals surface area contributed by atoms with Crippen molar-refractivity contribution in [2.45, 2.75) is 12.8 Å². The highest BCUT2D eigenvalue weighted by Crippen LogP contribution is 2.20. The van der Waals surface area contributed by atoms with E-state index in [-0.39, 0.29) is 18.9 Å². The molecule has 0 radical (unpaired) electrons. The van der Waals surface area contributed by atoms with Crippen LogP contribution in [-0.2, 0) is 16.0 Å². The Morgan fingerprint density at radius 1 is 1.53 bits per heavy atom. The zero-order valence-corrected chi connectivity index (χ0v) is 9.40. The summed E-state index contributed by atoms with van der Waals surface area (Å²) >= 11 is 7.20. The summed E-state index contributed by atoms with van der Waals surface area (Å²) < 4.78 is 0. The van der Waals surface area contributed by atoms with Crippen molar-refractivity contribution in [2.24, 2.45) is 0 Å². The molecule has 0 unspecified atom stereocenters. The largest absolute Gasteiger partial charge is 0.480 e. The summed E-state index contributed by atoms with van der Waals surface area (Å²) in [7, 11) is 0. The highest BCUT2D eigenvalue weighted by molar-refractivity contribution is 7.10. The van der Waals surface area contributed by atoms with Crippen molar-refractivity contribution in [2.75, 3.05) is 6.54 Å². The number of carbonyl (C=O) groups excluding carboxylic acids is 1. The Labute approximate surface area is 95.9 Å². The minimum Gasteiger partial charge on any atom is -0.480 e. The number of carboxylic acid groups (broad SMARTS) is 1. The Balaban J connectivity index is 2.25. The van der Waals surface area contributed by atoms with Crippen LogP contribution in [0.5, 0.6) is 0 Å². The fraction of sp³-hybridized carbons (Fsp3) is 0.333. The normalized spacial score (nSPS) is 9.93. The molecule has 0 aliphatic heterocycles. The molecule has 0 fully saturated rings. The monoisotopic (exact) mass is 247 g/mol. The lowest BCUT2D eigenvalue weighted by Crippen LogP contribution is -2.29. The third kappa shape index (κ3) is 4.80. The van der Waals surface area contributed by atoms with Gasteiger partial charge in [-0.3, -0.25) is 9.59 Å². The topological polar surface area (TPSA) is 66.4 Å². The van der Waals surface area contributed by atoms with Gasteiger partial charge in [-0.25, -0.2) is 0 Å². The molecular formula is C9H10ClNO3S. The number of nitrogens with one attached hydrogen (secondary N) is 1. The minimum absolute atomic E-state index is 0.262. The van der Waals surface area contributed by atoms with Crippen molar-refractivity contribution in [1.82, 2.24) is 5.32 Å². The molecule has 1 aromatic rings. The van der Waals surface area contributed by atoms with Crippen molar-refractivity contribution in [1.29, 1.82) is 0 Å². The van der Waals surface area contributed by atoms with Crippen molar-refractivity contribution >= 4 is 34.8 Å². The number of thiophene rings is 1. The Bertz CT molecular complexity index is 364. The number of carboxylic acids is 1. The molecule has 0 spiro atoms. The summed E-state index contributed by atoms with van der Waals surface area (Å²) in [6, 6.07) is 1.80. The molecule has 0 saturated carbocycles. The third-order valence-electron chi connectivity index (χ3n) is 1.66. The van der Waals surface area contributed by atoms with Crippen LogP contribution >= 0.6 is 22.9 Å². The predicted octanol–water partition coefficient (Wildman–Crippen LogP) is 1.53. The van der Waals surface area contributed by atoms with Crippen LogP contribution in [0.1, 0.15) is 11.3 Å². The molecule has 2 N–H and O–H groups in total. The van der Waals surface area contributed by atoms with Gasteiger partial charge in [-0.15, -0.1) is 11.3 Å². The summed E-state index contributed by atoms with van der Waals surface area (Å²) in [5.74, 6) is -1.30. The van der Waals surface area contributed by atoms with Gasteiger partial charge in [0.05, 0.1) is 5.02 Å². The van der Waals surface area contributed by atoms with Gasteiger partial charge in [0, 0.05) is 16.7 Å². The molecule has 0 saturated heterocycles. The van der Waals surface area contributed by atoms with E-state index in [0.29, 0.717) is 11.4 Å². The lowest BCUT2D eigenvalue weighted by molar-refractivity contribution is -0.137. The van der Waals surface area contributed by atoms with Crippen LogP contribution in [0.3, 0.4) is 0 Å². The summed E-state index contributed by atoms with van der Waals surface area (Å²) in [6.45, 7) is -0.329. The highest BCUT2D eigenvalue weighted by atomic mass is 35.5. The van der Waals surface area contributed by atoms with Gasteiger partial charge < -0.3 is 10.4 Å². The SMILES string of the molecule is O=C(O)CNC(=O)CCc1cc(Cl)cs1. The van der Waals surface area contributed by atoms with E-state index >= 15 is 0 Å². The van der Waals surface area contributed by atoms with E-state index in [4.69, 9.17) is 16.7 Å². The summed E-state index contributed by atoms with van der Waals surface area (Å²) in [4.78, 5) is 22.3. The summed E-state index contributed by atoms with van der Waals surface area (Å²) in [6.07, 6.45) is 0.868. The average molecular weight is 248 g/mol. The van der Waals surface area contributed by atoms with E-state index in [2.05, 4.69) is 5.32 Å². The van der Waals surface area contributed by atoms with Crippen LogP contribution in [0, 0.1) is 0 Å². The maximum Gasteiger partial charge on any atom is 0.322 e. The number of amides is 1. The predicted molar refractivity (Wildman–Crippen MR) is 58.3 cm³/mol. The van der Waals surface area contributed by atoms with Crippen LogP contribution in [0.25, 0.3) is 0 Å². The van der Waals surface area contributed by atoms with E-state index in [0.717, 1.165) is 4.88 Å². The Morgan fingerprint density at radius 2 is 2.27 bits per heavy atom. The van der Waals surface area contributed by atoms with Crippen molar-refractivity contribution < 1.29 is 14.7 Å². The first-order chi connectivity index (χ1) is 7.08. The Hall–Kier alpha value is -1.07. The molecule has 1 amide bonds. The van der Waals surface area contributed by atoms with Crippen LogP contribution in [0.2, 0.25) is 5.02 Å². The van der Waals surface area contributed by atoms with Gasteiger partial charge in [0.25, 0.3) is 0 Å². The molecule has 0 aliphatic carbocycles. The van der Waals surface area contributed by atoms with Crippen LogP contribution < -0.4 is 5.32 Å². The molecule has 0 aromatic carbocycles. The van der Waals surface area contributed by atoms with E-state index in [1.54, 1.807) is 11.4 Å². The van der Waals surface area contributed by atoms with Gasteiger partial charge in [0.1, 0.15) is 6.54 Å². The number of aliphatic carboxylic acids is 1. The van der Waals surface area contributed by atoms with Crippen LogP contribution in [0.15, 0.2) is 11.4 Å². The highest BCUT2D eigenvalue weighted by Gasteiger charge is 2.05. The molecule has 0 bridgehead atoms. The molecular weight excluding hydrogens is 238 g/mol. The number of carbonyl (C=O) groups is 2. The van der Waals surface area contributed by atoms with Gasteiger partial charge >= 0.3 is 5.97 Å². The van der Waals surface area contributed by atoms with E-state index in [1.807, 2.05) is 0 Å². The lowest BCUT2D eigenvalue weighted by atomic mass is 10.2. The van der Waals surface area contributed by atoms with Gasteiger partial charge in [-0.2, -0.15) is 0 Å². The molecule has 1 aromatic heterocycles. The second kappa shape index (κ2) is 5.72. The molecule has 15 heavy (non-hydrogen) atoms. The minimum atomic E-state index is -1.04. The number of halogens is 1. The number of hydrogen-bond donors (Lipinski definition) is 2. The lowest BCUT2D eigenvalue weighted by Gasteiger charge is -2.00. The van der Waals surface area contributed by atoms with Gasteiger partial charge in [0.15, 0.2) is 0 Å².